The number of rotatable bonds is 3. The molecular formula is C9H9F5N2O. The van der Waals surface area contributed by atoms with Gasteiger partial charge < -0.3 is 10.8 Å². The Morgan fingerprint density at radius 2 is 1.94 bits per heavy atom. The fourth-order valence-corrected chi connectivity index (χ4v) is 1.37. The molecule has 0 aliphatic heterocycles. The first kappa shape index (κ1) is 13.8. The summed E-state index contributed by atoms with van der Waals surface area (Å²) in [6.07, 6.45) is -7.81. The maximum atomic E-state index is 12.6. The van der Waals surface area contributed by atoms with E-state index in [4.69, 9.17) is 10.8 Å². The van der Waals surface area contributed by atoms with E-state index in [1.54, 1.807) is 0 Å². The monoisotopic (exact) mass is 256 g/mol. The van der Waals surface area contributed by atoms with Crippen LogP contribution in [0.2, 0.25) is 0 Å². The Balaban J connectivity index is 3.45. The van der Waals surface area contributed by atoms with Crippen LogP contribution in [-0.2, 0) is 19.3 Å². The number of nitrogens with two attached hydrogens (primary N) is 1. The average molecular weight is 256 g/mol. The van der Waals surface area contributed by atoms with Crippen molar-refractivity contribution in [3.05, 3.63) is 28.6 Å². The van der Waals surface area contributed by atoms with E-state index in [0.717, 1.165) is 0 Å². The predicted octanol–water partition coefficient (Wildman–Crippen LogP) is 1.99. The van der Waals surface area contributed by atoms with Gasteiger partial charge in [-0.25, -0.2) is 13.8 Å². The van der Waals surface area contributed by atoms with Gasteiger partial charge in [-0.2, -0.15) is 13.2 Å². The molecule has 1 heterocycles. The van der Waals surface area contributed by atoms with Gasteiger partial charge in [-0.05, 0) is 11.6 Å². The molecular weight excluding hydrogens is 247 g/mol. The third kappa shape index (κ3) is 2.89. The lowest BCUT2D eigenvalue weighted by atomic mass is 10.1. The zero-order valence-electron chi connectivity index (χ0n) is 8.43. The minimum atomic E-state index is -4.77. The van der Waals surface area contributed by atoms with Crippen LogP contribution in [0.4, 0.5) is 22.0 Å². The largest absolute Gasteiger partial charge is 0.433 e. The maximum absolute atomic E-state index is 12.6. The quantitative estimate of drug-likeness (QED) is 0.813. The van der Waals surface area contributed by atoms with Crippen LogP contribution in [0, 0.1) is 0 Å². The Hall–Kier alpha value is -1.28. The van der Waals surface area contributed by atoms with Crippen LogP contribution < -0.4 is 5.73 Å². The molecule has 1 aromatic rings. The molecule has 0 aliphatic carbocycles. The molecule has 8 heteroatoms. The molecule has 0 bridgehead atoms. The maximum Gasteiger partial charge on any atom is 0.433 e. The normalized spacial score (nSPS) is 12.2. The van der Waals surface area contributed by atoms with E-state index in [1.807, 2.05) is 0 Å². The number of hydrogen-bond acceptors (Lipinski definition) is 3. The standard InChI is InChI=1S/C9H9F5N2O/c10-8(11)7-4(2-15)1-6(9(12,13)14)16-5(7)3-17/h1,8,17H,2-3,15H2. The van der Waals surface area contributed by atoms with Crippen LogP contribution in [0.1, 0.15) is 28.9 Å². The number of aromatic nitrogens is 1. The second-order valence-corrected chi connectivity index (χ2v) is 3.19. The second-order valence-electron chi connectivity index (χ2n) is 3.19. The van der Waals surface area contributed by atoms with Crippen molar-refractivity contribution in [3.8, 4) is 0 Å². The van der Waals surface area contributed by atoms with Gasteiger partial charge in [0, 0.05) is 12.1 Å². The average Bonchev–Trinajstić information content (AvgIpc) is 2.25. The molecule has 0 amide bonds. The van der Waals surface area contributed by atoms with Gasteiger partial charge in [0.1, 0.15) is 5.69 Å². The molecule has 0 aliphatic rings. The van der Waals surface area contributed by atoms with Crippen molar-refractivity contribution in [2.75, 3.05) is 0 Å². The number of halogens is 5. The molecule has 96 valence electrons. The number of aliphatic hydroxyl groups excluding tert-OH is 1. The highest BCUT2D eigenvalue weighted by molar-refractivity contribution is 5.34. The van der Waals surface area contributed by atoms with Crippen LogP contribution in [-0.4, -0.2) is 10.1 Å². The van der Waals surface area contributed by atoms with E-state index >= 15 is 0 Å². The molecule has 1 aromatic heterocycles. The highest BCUT2D eigenvalue weighted by atomic mass is 19.4. The van der Waals surface area contributed by atoms with Crippen molar-refractivity contribution >= 4 is 0 Å². The molecule has 0 saturated heterocycles. The first-order chi connectivity index (χ1) is 7.81. The minimum Gasteiger partial charge on any atom is -0.390 e. The molecule has 0 unspecified atom stereocenters. The summed E-state index contributed by atoms with van der Waals surface area (Å²) < 4.78 is 62.3. The number of pyridine rings is 1. The van der Waals surface area contributed by atoms with Gasteiger partial charge in [-0.3, -0.25) is 0 Å². The summed E-state index contributed by atoms with van der Waals surface area (Å²) in [5, 5.41) is 8.77. The number of hydrogen-bond donors (Lipinski definition) is 2. The smallest absolute Gasteiger partial charge is 0.390 e. The van der Waals surface area contributed by atoms with Crippen LogP contribution in [0.5, 0.6) is 0 Å². The Morgan fingerprint density at radius 3 is 2.29 bits per heavy atom. The highest BCUT2D eigenvalue weighted by Gasteiger charge is 2.34. The molecule has 0 atom stereocenters. The summed E-state index contributed by atoms with van der Waals surface area (Å²) in [4.78, 5) is 2.98. The Kier molecular flexibility index (Phi) is 3.99. The molecule has 0 saturated carbocycles. The van der Waals surface area contributed by atoms with Crippen molar-refractivity contribution in [2.45, 2.75) is 25.8 Å². The lowest BCUT2D eigenvalue weighted by Gasteiger charge is -2.14. The zero-order valence-corrected chi connectivity index (χ0v) is 8.43. The van der Waals surface area contributed by atoms with E-state index in [0.29, 0.717) is 6.07 Å². The van der Waals surface area contributed by atoms with Crippen LogP contribution >= 0.6 is 0 Å². The number of aliphatic hydroxyl groups is 1. The van der Waals surface area contributed by atoms with Gasteiger partial charge in [-0.15, -0.1) is 0 Å². The Bertz CT molecular complexity index is 380. The van der Waals surface area contributed by atoms with Crippen molar-refractivity contribution in [3.63, 3.8) is 0 Å². The van der Waals surface area contributed by atoms with Gasteiger partial charge in [-0.1, -0.05) is 0 Å². The Morgan fingerprint density at radius 1 is 1.35 bits per heavy atom. The minimum absolute atomic E-state index is 0.369. The van der Waals surface area contributed by atoms with Crippen molar-refractivity contribution < 1.29 is 27.1 Å². The zero-order chi connectivity index (χ0) is 13.2. The molecule has 3 nitrogen and oxygen atoms in total. The summed E-state index contributed by atoms with van der Waals surface area (Å²) in [6, 6.07) is 0.473. The summed E-state index contributed by atoms with van der Waals surface area (Å²) in [7, 11) is 0. The molecule has 0 aromatic carbocycles. The first-order valence-electron chi connectivity index (χ1n) is 4.50. The summed E-state index contributed by atoms with van der Waals surface area (Å²) in [6.45, 7) is -1.49. The topological polar surface area (TPSA) is 59.1 Å². The van der Waals surface area contributed by atoms with E-state index in [2.05, 4.69) is 4.98 Å². The predicted molar refractivity (Wildman–Crippen MR) is 48.0 cm³/mol. The number of alkyl halides is 5. The van der Waals surface area contributed by atoms with Crippen molar-refractivity contribution in [1.29, 1.82) is 0 Å². The molecule has 0 radical (unpaired) electrons. The van der Waals surface area contributed by atoms with Crippen LogP contribution in [0.25, 0.3) is 0 Å². The fraction of sp³-hybridized carbons (Fsp3) is 0.444. The van der Waals surface area contributed by atoms with Crippen LogP contribution in [0.15, 0.2) is 6.07 Å². The van der Waals surface area contributed by atoms with Gasteiger partial charge in [0.05, 0.1) is 12.3 Å². The van der Waals surface area contributed by atoms with E-state index in [9.17, 15) is 22.0 Å². The third-order valence-corrected chi connectivity index (χ3v) is 2.10. The van der Waals surface area contributed by atoms with Crippen molar-refractivity contribution in [1.82, 2.24) is 4.98 Å². The van der Waals surface area contributed by atoms with Crippen LogP contribution in [0.3, 0.4) is 0 Å². The van der Waals surface area contributed by atoms with E-state index in [1.165, 1.54) is 0 Å². The summed E-state index contributed by atoms with van der Waals surface area (Å²) in [5.74, 6) is 0. The van der Waals surface area contributed by atoms with Gasteiger partial charge in [0.25, 0.3) is 6.43 Å². The van der Waals surface area contributed by atoms with Gasteiger partial charge in [0.2, 0.25) is 0 Å². The van der Waals surface area contributed by atoms with Gasteiger partial charge >= 0.3 is 6.18 Å². The first-order valence-corrected chi connectivity index (χ1v) is 4.50. The third-order valence-electron chi connectivity index (χ3n) is 2.10. The highest BCUT2D eigenvalue weighted by Crippen LogP contribution is 2.33. The lowest BCUT2D eigenvalue weighted by molar-refractivity contribution is -0.141. The molecule has 17 heavy (non-hydrogen) atoms. The summed E-state index contributed by atoms with van der Waals surface area (Å²) in [5.41, 5.74) is 1.97. The van der Waals surface area contributed by atoms with Crippen molar-refractivity contribution in [2.24, 2.45) is 5.73 Å². The Labute approximate surface area is 93.1 Å². The molecule has 3 N–H and O–H groups in total. The van der Waals surface area contributed by atoms with E-state index < -0.39 is 42.7 Å². The fourth-order valence-electron chi connectivity index (χ4n) is 1.37. The lowest BCUT2D eigenvalue weighted by Crippen LogP contribution is -2.15. The molecule has 1 rings (SSSR count). The molecule has 0 spiro atoms. The van der Waals surface area contributed by atoms with E-state index in [-0.39, 0.29) is 5.56 Å². The summed E-state index contributed by atoms with van der Waals surface area (Å²) >= 11 is 0. The second kappa shape index (κ2) is 4.92. The molecule has 0 fully saturated rings. The number of nitrogens with zero attached hydrogens (tertiary/aromatic N) is 1. The SMILES string of the molecule is NCc1cc(C(F)(F)F)nc(CO)c1C(F)F. The van der Waals surface area contributed by atoms with Gasteiger partial charge in [0.15, 0.2) is 0 Å².